The molecule has 1 aromatic rings. The van der Waals surface area contributed by atoms with Crippen LogP contribution in [0, 0.1) is 0 Å². The van der Waals surface area contributed by atoms with Crippen molar-refractivity contribution in [3.8, 4) is 0 Å². The molecule has 0 bridgehead atoms. The zero-order valence-corrected chi connectivity index (χ0v) is 15.4. The van der Waals surface area contributed by atoms with Gasteiger partial charge in [0.1, 0.15) is 0 Å². The molecule has 0 aromatic heterocycles. The third-order valence-corrected chi connectivity index (χ3v) is 3.14. The fourth-order valence-corrected chi connectivity index (χ4v) is 1.97. The van der Waals surface area contributed by atoms with Crippen LogP contribution in [-0.4, -0.2) is 50.3 Å². The summed E-state index contributed by atoms with van der Waals surface area (Å²) in [4.78, 5) is 46.2. The van der Waals surface area contributed by atoms with Crippen LogP contribution in [0.25, 0.3) is 0 Å². The van der Waals surface area contributed by atoms with Crippen LogP contribution in [0.4, 0.5) is 10.5 Å². The van der Waals surface area contributed by atoms with Crippen LogP contribution in [0.15, 0.2) is 24.3 Å². The van der Waals surface area contributed by atoms with Gasteiger partial charge in [0, 0.05) is 18.7 Å². The second-order valence-electron chi connectivity index (χ2n) is 5.26. The number of anilines is 1. The fourth-order valence-electron chi connectivity index (χ4n) is 1.97. The molecule has 0 fully saturated rings. The molecular formula is C18H24N2O7. The maximum atomic E-state index is 12.0. The summed E-state index contributed by atoms with van der Waals surface area (Å²) in [7, 11) is 0. The number of hydrogen-bond donors (Lipinski definition) is 2. The second kappa shape index (κ2) is 12.3. The van der Waals surface area contributed by atoms with E-state index >= 15 is 0 Å². The van der Waals surface area contributed by atoms with E-state index in [1.165, 1.54) is 12.1 Å². The Morgan fingerprint density at radius 1 is 1.00 bits per heavy atom. The summed E-state index contributed by atoms with van der Waals surface area (Å²) < 4.78 is 14.4. The van der Waals surface area contributed by atoms with Crippen LogP contribution in [0.2, 0.25) is 0 Å². The van der Waals surface area contributed by atoms with Crippen LogP contribution >= 0.6 is 0 Å². The van der Waals surface area contributed by atoms with Gasteiger partial charge in [-0.25, -0.2) is 9.59 Å². The Morgan fingerprint density at radius 3 is 2.44 bits per heavy atom. The molecule has 0 aliphatic rings. The van der Waals surface area contributed by atoms with E-state index in [0.717, 1.165) is 0 Å². The number of carbonyl (C=O) groups is 4. The third kappa shape index (κ3) is 9.24. The van der Waals surface area contributed by atoms with Gasteiger partial charge in [-0.3, -0.25) is 14.9 Å². The molecule has 9 heteroatoms. The lowest BCUT2D eigenvalue weighted by Gasteiger charge is -2.08. The number of nitrogens with one attached hydrogen (secondary N) is 2. The van der Waals surface area contributed by atoms with Crippen LogP contribution < -0.4 is 10.6 Å². The summed E-state index contributed by atoms with van der Waals surface area (Å²) in [6, 6.07) is 6.06. The average molecular weight is 380 g/mol. The highest BCUT2D eigenvalue weighted by Crippen LogP contribution is 2.12. The maximum Gasteiger partial charge on any atom is 0.411 e. The first-order valence-electron chi connectivity index (χ1n) is 8.59. The summed E-state index contributed by atoms with van der Waals surface area (Å²) in [6.45, 7) is 3.76. The lowest BCUT2D eigenvalue weighted by atomic mass is 10.2. The van der Waals surface area contributed by atoms with Crippen molar-refractivity contribution in [2.75, 3.05) is 31.7 Å². The van der Waals surface area contributed by atoms with Gasteiger partial charge in [0.2, 0.25) is 0 Å². The summed E-state index contributed by atoms with van der Waals surface area (Å²) in [6.07, 6.45) is -0.000867. The maximum absolute atomic E-state index is 12.0. The lowest BCUT2D eigenvalue weighted by molar-refractivity contribution is -0.143. The SMILES string of the molecule is CCOC(=O)CCCNC(=O)COC(=O)c1cccc(NC(=O)OCC)c1. The summed E-state index contributed by atoms with van der Waals surface area (Å²) in [5.74, 6) is -1.51. The van der Waals surface area contributed by atoms with E-state index in [1.54, 1.807) is 26.0 Å². The van der Waals surface area contributed by atoms with Crippen molar-refractivity contribution in [2.24, 2.45) is 0 Å². The Morgan fingerprint density at radius 2 is 1.74 bits per heavy atom. The minimum Gasteiger partial charge on any atom is -0.466 e. The molecule has 0 saturated carbocycles. The fraction of sp³-hybridized carbons (Fsp3) is 0.444. The van der Waals surface area contributed by atoms with E-state index in [1.807, 2.05) is 0 Å². The highest BCUT2D eigenvalue weighted by Gasteiger charge is 2.12. The van der Waals surface area contributed by atoms with Crippen molar-refractivity contribution in [3.63, 3.8) is 0 Å². The first kappa shape index (κ1) is 21.9. The van der Waals surface area contributed by atoms with Gasteiger partial charge >= 0.3 is 18.0 Å². The van der Waals surface area contributed by atoms with Crippen LogP contribution in [0.1, 0.15) is 37.0 Å². The molecule has 1 aromatic carbocycles. The van der Waals surface area contributed by atoms with Crippen LogP contribution in [0.5, 0.6) is 0 Å². The van der Waals surface area contributed by atoms with Crippen molar-refractivity contribution >= 4 is 29.6 Å². The van der Waals surface area contributed by atoms with Gasteiger partial charge in [-0.15, -0.1) is 0 Å². The minimum absolute atomic E-state index is 0.180. The van der Waals surface area contributed by atoms with Crippen molar-refractivity contribution in [1.82, 2.24) is 5.32 Å². The Bertz CT molecular complexity index is 661. The number of ether oxygens (including phenoxy) is 3. The van der Waals surface area contributed by atoms with Gasteiger partial charge in [-0.1, -0.05) is 6.07 Å². The van der Waals surface area contributed by atoms with Gasteiger partial charge in [0.25, 0.3) is 5.91 Å². The van der Waals surface area contributed by atoms with Gasteiger partial charge in [0.15, 0.2) is 6.61 Å². The zero-order valence-electron chi connectivity index (χ0n) is 15.4. The monoisotopic (exact) mass is 380 g/mol. The van der Waals surface area contributed by atoms with E-state index in [2.05, 4.69) is 10.6 Å². The Labute approximate surface area is 157 Å². The van der Waals surface area contributed by atoms with Gasteiger partial charge in [-0.2, -0.15) is 0 Å². The zero-order chi connectivity index (χ0) is 20.1. The predicted molar refractivity (Wildman–Crippen MR) is 96.2 cm³/mol. The molecule has 0 aliphatic heterocycles. The topological polar surface area (TPSA) is 120 Å². The number of esters is 2. The van der Waals surface area contributed by atoms with E-state index in [-0.39, 0.29) is 31.1 Å². The molecule has 9 nitrogen and oxygen atoms in total. The van der Waals surface area contributed by atoms with E-state index in [9.17, 15) is 19.2 Å². The Balaban J connectivity index is 2.36. The molecule has 27 heavy (non-hydrogen) atoms. The first-order valence-corrected chi connectivity index (χ1v) is 8.59. The molecule has 0 heterocycles. The molecule has 0 aliphatic carbocycles. The van der Waals surface area contributed by atoms with Gasteiger partial charge < -0.3 is 19.5 Å². The molecule has 0 unspecified atom stereocenters. The molecule has 0 spiro atoms. The third-order valence-electron chi connectivity index (χ3n) is 3.14. The van der Waals surface area contributed by atoms with Gasteiger partial charge in [-0.05, 0) is 38.5 Å². The number of amides is 2. The van der Waals surface area contributed by atoms with Crippen molar-refractivity contribution < 1.29 is 33.4 Å². The Kier molecular flexibility index (Phi) is 9.98. The van der Waals surface area contributed by atoms with Crippen molar-refractivity contribution in [2.45, 2.75) is 26.7 Å². The number of rotatable bonds is 10. The lowest BCUT2D eigenvalue weighted by Crippen LogP contribution is -2.30. The molecule has 1 rings (SSSR count). The highest BCUT2D eigenvalue weighted by molar-refractivity contribution is 5.93. The Hall–Kier alpha value is -3.10. The smallest absolute Gasteiger partial charge is 0.411 e. The van der Waals surface area contributed by atoms with Gasteiger partial charge in [0.05, 0.1) is 18.8 Å². The summed E-state index contributed by atoms with van der Waals surface area (Å²) >= 11 is 0. The highest BCUT2D eigenvalue weighted by atomic mass is 16.5. The van der Waals surface area contributed by atoms with Crippen molar-refractivity contribution in [3.05, 3.63) is 29.8 Å². The van der Waals surface area contributed by atoms with Crippen LogP contribution in [0.3, 0.4) is 0 Å². The standard InChI is InChI=1S/C18H24N2O7/c1-3-25-16(22)9-6-10-19-15(21)12-27-17(23)13-7-5-8-14(11-13)20-18(24)26-4-2/h5,7-8,11H,3-4,6,9-10,12H2,1-2H3,(H,19,21)(H,20,24). The minimum atomic E-state index is -0.704. The van der Waals surface area contributed by atoms with E-state index in [4.69, 9.17) is 14.2 Å². The molecule has 0 radical (unpaired) electrons. The molecular weight excluding hydrogens is 356 g/mol. The van der Waals surface area contributed by atoms with E-state index in [0.29, 0.717) is 18.7 Å². The summed E-state index contributed by atoms with van der Waals surface area (Å²) in [5.41, 5.74) is 0.547. The predicted octanol–water partition coefficient (Wildman–Crippen LogP) is 1.87. The molecule has 0 atom stereocenters. The number of carbonyl (C=O) groups excluding carboxylic acids is 4. The van der Waals surface area contributed by atoms with Crippen molar-refractivity contribution in [1.29, 1.82) is 0 Å². The largest absolute Gasteiger partial charge is 0.466 e. The number of benzene rings is 1. The first-order chi connectivity index (χ1) is 13.0. The second-order valence-corrected chi connectivity index (χ2v) is 5.26. The molecule has 2 N–H and O–H groups in total. The molecule has 148 valence electrons. The molecule has 0 saturated heterocycles. The van der Waals surface area contributed by atoms with Crippen LogP contribution in [-0.2, 0) is 23.8 Å². The quantitative estimate of drug-likeness (QED) is 0.361. The molecule has 2 amide bonds. The normalized spacial score (nSPS) is 9.85. The summed E-state index contributed by atoms with van der Waals surface area (Å²) in [5, 5.41) is 5.01. The number of hydrogen-bond acceptors (Lipinski definition) is 7. The average Bonchev–Trinajstić information content (AvgIpc) is 2.64. The van der Waals surface area contributed by atoms with E-state index < -0.39 is 24.6 Å².